The van der Waals surface area contributed by atoms with Crippen LogP contribution in [0.5, 0.6) is 5.75 Å². The SMILES string of the molecule is Cc1ccc(OCCC(=O)Nc2ccccc2C(=O)NCCc2ccccc2)cc1. The zero-order chi connectivity index (χ0) is 21.2. The van der Waals surface area contributed by atoms with Crippen LogP contribution in [0.25, 0.3) is 0 Å². The third-order valence-electron chi connectivity index (χ3n) is 4.61. The highest BCUT2D eigenvalue weighted by atomic mass is 16.5. The summed E-state index contributed by atoms with van der Waals surface area (Å²) in [7, 11) is 0. The van der Waals surface area contributed by atoms with Crippen LogP contribution in [0.4, 0.5) is 5.69 Å². The average Bonchev–Trinajstić information content (AvgIpc) is 2.76. The van der Waals surface area contributed by atoms with Crippen molar-refractivity contribution in [2.24, 2.45) is 0 Å². The summed E-state index contributed by atoms with van der Waals surface area (Å²) in [5.74, 6) is 0.316. The highest BCUT2D eigenvalue weighted by molar-refractivity contribution is 6.03. The van der Waals surface area contributed by atoms with E-state index in [4.69, 9.17) is 4.74 Å². The summed E-state index contributed by atoms with van der Waals surface area (Å²) >= 11 is 0. The smallest absolute Gasteiger partial charge is 0.253 e. The largest absolute Gasteiger partial charge is 0.493 e. The highest BCUT2D eigenvalue weighted by Gasteiger charge is 2.13. The Kier molecular flexibility index (Phi) is 7.61. The van der Waals surface area contributed by atoms with E-state index in [1.165, 1.54) is 0 Å². The number of hydrogen-bond donors (Lipinski definition) is 2. The Hall–Kier alpha value is -3.60. The normalized spacial score (nSPS) is 10.3. The van der Waals surface area contributed by atoms with Crippen molar-refractivity contribution in [3.8, 4) is 5.75 Å². The van der Waals surface area contributed by atoms with E-state index in [0.717, 1.165) is 23.3 Å². The van der Waals surface area contributed by atoms with Gasteiger partial charge in [0.2, 0.25) is 5.91 Å². The third-order valence-corrected chi connectivity index (χ3v) is 4.61. The van der Waals surface area contributed by atoms with Crippen molar-refractivity contribution in [3.63, 3.8) is 0 Å². The van der Waals surface area contributed by atoms with Gasteiger partial charge in [-0.05, 0) is 43.2 Å². The van der Waals surface area contributed by atoms with E-state index in [1.807, 2.05) is 61.5 Å². The molecule has 3 aromatic rings. The van der Waals surface area contributed by atoms with Crippen molar-refractivity contribution < 1.29 is 14.3 Å². The first-order valence-electron chi connectivity index (χ1n) is 10.0. The maximum absolute atomic E-state index is 12.6. The molecule has 3 aromatic carbocycles. The van der Waals surface area contributed by atoms with Gasteiger partial charge in [0.05, 0.1) is 24.3 Å². The number of anilines is 1. The van der Waals surface area contributed by atoms with Crippen LogP contribution in [0.3, 0.4) is 0 Å². The molecule has 2 amide bonds. The Morgan fingerprint density at radius 2 is 1.57 bits per heavy atom. The fraction of sp³-hybridized carbons (Fsp3) is 0.200. The summed E-state index contributed by atoms with van der Waals surface area (Å²) in [5, 5.41) is 5.73. The molecule has 0 unspecified atom stereocenters. The molecule has 2 N–H and O–H groups in total. The Morgan fingerprint density at radius 3 is 2.33 bits per heavy atom. The molecule has 0 spiro atoms. The molecule has 0 aliphatic carbocycles. The van der Waals surface area contributed by atoms with Crippen molar-refractivity contribution in [3.05, 3.63) is 95.6 Å². The lowest BCUT2D eigenvalue weighted by atomic mass is 10.1. The summed E-state index contributed by atoms with van der Waals surface area (Å²) < 4.78 is 5.60. The van der Waals surface area contributed by atoms with Gasteiger partial charge in [0.25, 0.3) is 5.91 Å². The van der Waals surface area contributed by atoms with Gasteiger partial charge in [-0.2, -0.15) is 0 Å². The summed E-state index contributed by atoms with van der Waals surface area (Å²) in [6.07, 6.45) is 0.940. The number of benzene rings is 3. The number of nitrogens with one attached hydrogen (secondary N) is 2. The molecule has 0 saturated heterocycles. The Balaban J connectivity index is 1.49. The Labute approximate surface area is 177 Å². The molecule has 0 aliphatic rings. The minimum atomic E-state index is -0.210. The topological polar surface area (TPSA) is 67.4 Å². The number of rotatable bonds is 9. The van der Waals surface area contributed by atoms with E-state index in [2.05, 4.69) is 10.6 Å². The van der Waals surface area contributed by atoms with Crippen LogP contribution in [0, 0.1) is 6.92 Å². The van der Waals surface area contributed by atoms with Crippen molar-refractivity contribution >= 4 is 17.5 Å². The van der Waals surface area contributed by atoms with Gasteiger partial charge in [0.15, 0.2) is 0 Å². The van der Waals surface area contributed by atoms with Gasteiger partial charge in [-0.1, -0.05) is 60.2 Å². The first-order chi connectivity index (χ1) is 14.6. The van der Waals surface area contributed by atoms with E-state index < -0.39 is 0 Å². The van der Waals surface area contributed by atoms with Crippen molar-refractivity contribution in [2.45, 2.75) is 19.8 Å². The molecule has 0 bridgehead atoms. The molecule has 154 valence electrons. The molecule has 5 nitrogen and oxygen atoms in total. The summed E-state index contributed by atoms with van der Waals surface area (Å²) in [5.41, 5.74) is 3.25. The van der Waals surface area contributed by atoms with Crippen molar-refractivity contribution in [1.82, 2.24) is 5.32 Å². The molecule has 0 saturated carbocycles. The molecule has 0 aromatic heterocycles. The molecule has 5 heteroatoms. The number of carbonyl (C=O) groups excluding carboxylic acids is 2. The minimum Gasteiger partial charge on any atom is -0.493 e. The fourth-order valence-electron chi connectivity index (χ4n) is 2.96. The van der Waals surface area contributed by atoms with Gasteiger partial charge < -0.3 is 15.4 Å². The van der Waals surface area contributed by atoms with Gasteiger partial charge in [-0.25, -0.2) is 0 Å². The Morgan fingerprint density at radius 1 is 0.867 bits per heavy atom. The third kappa shape index (κ3) is 6.48. The van der Waals surface area contributed by atoms with Crippen LogP contribution in [-0.2, 0) is 11.2 Å². The lowest BCUT2D eigenvalue weighted by Crippen LogP contribution is -2.27. The maximum Gasteiger partial charge on any atom is 0.253 e. The van der Waals surface area contributed by atoms with Gasteiger partial charge in [0.1, 0.15) is 5.75 Å². The van der Waals surface area contributed by atoms with Crippen LogP contribution in [0.1, 0.15) is 27.9 Å². The summed E-state index contributed by atoms with van der Waals surface area (Å²) in [6.45, 7) is 2.79. The van der Waals surface area contributed by atoms with Crippen LogP contribution < -0.4 is 15.4 Å². The number of amides is 2. The lowest BCUT2D eigenvalue weighted by Gasteiger charge is -2.12. The van der Waals surface area contributed by atoms with E-state index >= 15 is 0 Å². The molecule has 30 heavy (non-hydrogen) atoms. The molecular weight excluding hydrogens is 376 g/mol. The second kappa shape index (κ2) is 10.8. The predicted molar refractivity (Wildman–Crippen MR) is 119 cm³/mol. The summed E-state index contributed by atoms with van der Waals surface area (Å²) in [6, 6.07) is 24.6. The molecule has 3 rings (SSSR count). The Bertz CT molecular complexity index is 969. The van der Waals surface area contributed by atoms with Gasteiger partial charge in [-0.15, -0.1) is 0 Å². The molecular formula is C25H26N2O3. The second-order valence-electron chi connectivity index (χ2n) is 7.00. The molecule has 0 aliphatic heterocycles. The van der Waals surface area contributed by atoms with E-state index in [1.54, 1.807) is 24.3 Å². The van der Waals surface area contributed by atoms with Crippen LogP contribution in [0.2, 0.25) is 0 Å². The lowest BCUT2D eigenvalue weighted by molar-refractivity contribution is -0.116. The van der Waals surface area contributed by atoms with Gasteiger partial charge in [-0.3, -0.25) is 9.59 Å². The van der Waals surface area contributed by atoms with E-state index in [0.29, 0.717) is 17.8 Å². The number of ether oxygens (including phenoxy) is 1. The first-order valence-corrected chi connectivity index (χ1v) is 10.0. The number of hydrogen-bond acceptors (Lipinski definition) is 3. The second-order valence-corrected chi connectivity index (χ2v) is 7.00. The zero-order valence-electron chi connectivity index (χ0n) is 17.1. The first kappa shape index (κ1) is 21.1. The molecule has 0 radical (unpaired) electrons. The fourth-order valence-corrected chi connectivity index (χ4v) is 2.96. The standard InChI is InChI=1S/C25H26N2O3/c1-19-11-13-21(14-12-19)30-18-16-24(28)27-23-10-6-5-9-22(23)25(29)26-17-15-20-7-3-2-4-8-20/h2-14H,15-18H2,1H3,(H,26,29)(H,27,28). The number of para-hydroxylation sites is 1. The molecule has 0 heterocycles. The minimum absolute atomic E-state index is 0.192. The number of aryl methyl sites for hydroxylation is 1. The van der Waals surface area contributed by atoms with Crippen molar-refractivity contribution in [2.75, 3.05) is 18.5 Å². The van der Waals surface area contributed by atoms with Crippen molar-refractivity contribution in [1.29, 1.82) is 0 Å². The molecule has 0 fully saturated rings. The summed E-state index contributed by atoms with van der Waals surface area (Å²) in [4.78, 5) is 24.9. The monoisotopic (exact) mass is 402 g/mol. The predicted octanol–water partition coefficient (Wildman–Crippen LogP) is 4.38. The molecule has 0 atom stereocenters. The van der Waals surface area contributed by atoms with E-state index in [-0.39, 0.29) is 24.8 Å². The number of carbonyl (C=O) groups is 2. The highest BCUT2D eigenvalue weighted by Crippen LogP contribution is 2.16. The quantitative estimate of drug-likeness (QED) is 0.558. The van der Waals surface area contributed by atoms with Gasteiger partial charge in [0, 0.05) is 6.54 Å². The van der Waals surface area contributed by atoms with Crippen LogP contribution >= 0.6 is 0 Å². The average molecular weight is 402 g/mol. The van der Waals surface area contributed by atoms with Gasteiger partial charge >= 0.3 is 0 Å². The van der Waals surface area contributed by atoms with Crippen LogP contribution in [-0.4, -0.2) is 25.0 Å². The maximum atomic E-state index is 12.6. The zero-order valence-corrected chi connectivity index (χ0v) is 17.1. The van der Waals surface area contributed by atoms with E-state index in [9.17, 15) is 9.59 Å². The van der Waals surface area contributed by atoms with Crippen LogP contribution in [0.15, 0.2) is 78.9 Å².